The van der Waals surface area contributed by atoms with E-state index < -0.39 is 6.04 Å². The van der Waals surface area contributed by atoms with Gasteiger partial charge < -0.3 is 16.4 Å². The van der Waals surface area contributed by atoms with E-state index in [1.165, 1.54) is 5.56 Å². The van der Waals surface area contributed by atoms with Crippen molar-refractivity contribution in [3.8, 4) is 0 Å². The molecule has 6 heteroatoms. The first-order valence-electron chi connectivity index (χ1n) is 7.85. The summed E-state index contributed by atoms with van der Waals surface area (Å²) in [6.45, 7) is 3.75. The summed E-state index contributed by atoms with van der Waals surface area (Å²) < 4.78 is 0. The molecule has 1 atom stereocenters. The summed E-state index contributed by atoms with van der Waals surface area (Å²) in [7, 11) is 0. The number of carbonyl (C=O) groups is 2. The van der Waals surface area contributed by atoms with Crippen molar-refractivity contribution in [3.63, 3.8) is 0 Å². The van der Waals surface area contributed by atoms with Gasteiger partial charge in [0.05, 0.1) is 12.6 Å². The Bertz CT molecular complexity index is 516. The minimum atomic E-state index is -0.570. The van der Waals surface area contributed by atoms with Gasteiger partial charge in [-0.1, -0.05) is 44.2 Å². The SMILES string of the molecule is CC(C)[C@H](N)C(=O)NCC(=O)NC1CC(c2ccccc2)C1.Cl. The Morgan fingerprint density at radius 1 is 1.22 bits per heavy atom. The van der Waals surface area contributed by atoms with E-state index in [1.807, 2.05) is 32.0 Å². The molecule has 1 saturated carbocycles. The first-order chi connectivity index (χ1) is 10.5. The van der Waals surface area contributed by atoms with Crippen LogP contribution in [-0.2, 0) is 9.59 Å². The molecule has 0 radical (unpaired) electrons. The Kier molecular flexibility index (Phi) is 7.52. The highest BCUT2D eigenvalue weighted by Gasteiger charge is 2.31. The number of nitrogens with one attached hydrogen (secondary N) is 2. The number of hydrogen-bond donors (Lipinski definition) is 3. The van der Waals surface area contributed by atoms with Crippen LogP contribution < -0.4 is 16.4 Å². The number of carbonyl (C=O) groups excluding carboxylic acids is 2. The lowest BCUT2D eigenvalue weighted by atomic mass is 9.76. The van der Waals surface area contributed by atoms with E-state index in [0.717, 1.165) is 12.8 Å². The second kappa shape index (κ2) is 8.89. The Hall–Kier alpha value is -1.59. The summed E-state index contributed by atoms with van der Waals surface area (Å²) in [6, 6.07) is 9.95. The van der Waals surface area contributed by atoms with Crippen LogP contribution in [0.3, 0.4) is 0 Å². The van der Waals surface area contributed by atoms with E-state index in [1.54, 1.807) is 0 Å². The highest BCUT2D eigenvalue weighted by atomic mass is 35.5. The third-order valence-electron chi connectivity index (χ3n) is 4.22. The summed E-state index contributed by atoms with van der Waals surface area (Å²) in [5, 5.41) is 5.53. The highest BCUT2D eigenvalue weighted by molar-refractivity contribution is 5.87. The van der Waals surface area contributed by atoms with Crippen molar-refractivity contribution in [2.45, 2.75) is 44.7 Å². The number of amides is 2. The van der Waals surface area contributed by atoms with Crippen LogP contribution in [-0.4, -0.2) is 30.4 Å². The van der Waals surface area contributed by atoms with Crippen molar-refractivity contribution in [1.29, 1.82) is 0 Å². The first-order valence-corrected chi connectivity index (χ1v) is 7.85. The van der Waals surface area contributed by atoms with Crippen molar-refractivity contribution in [1.82, 2.24) is 10.6 Å². The van der Waals surface area contributed by atoms with Gasteiger partial charge in [-0.05, 0) is 30.2 Å². The second-order valence-corrected chi connectivity index (χ2v) is 6.33. The predicted octanol–water partition coefficient (Wildman–Crippen LogP) is 1.57. The zero-order valence-electron chi connectivity index (χ0n) is 13.6. The molecule has 0 unspecified atom stereocenters. The van der Waals surface area contributed by atoms with E-state index in [0.29, 0.717) is 5.92 Å². The van der Waals surface area contributed by atoms with Crippen molar-refractivity contribution < 1.29 is 9.59 Å². The van der Waals surface area contributed by atoms with Crippen LogP contribution in [0.5, 0.6) is 0 Å². The molecule has 23 heavy (non-hydrogen) atoms. The van der Waals surface area contributed by atoms with E-state index in [2.05, 4.69) is 22.8 Å². The Morgan fingerprint density at radius 2 is 1.83 bits per heavy atom. The summed E-state index contributed by atoms with van der Waals surface area (Å²) in [5.41, 5.74) is 7.05. The fourth-order valence-electron chi connectivity index (χ4n) is 2.60. The lowest BCUT2D eigenvalue weighted by molar-refractivity contribution is -0.128. The molecular formula is C17H26ClN3O2. The Labute approximate surface area is 143 Å². The van der Waals surface area contributed by atoms with Crippen LogP contribution in [0.15, 0.2) is 30.3 Å². The fourth-order valence-corrected chi connectivity index (χ4v) is 2.60. The predicted molar refractivity (Wildman–Crippen MR) is 93.4 cm³/mol. The number of benzene rings is 1. The maximum Gasteiger partial charge on any atom is 0.239 e. The standard InChI is InChI=1S/C17H25N3O2.ClH/c1-11(2)16(18)17(22)19-10-15(21)20-14-8-13(9-14)12-6-4-3-5-7-12;/h3-7,11,13-14,16H,8-10,18H2,1-2H3,(H,19,22)(H,20,21);1H/t13?,14?,16-;/m0./s1. The molecule has 0 heterocycles. The average Bonchev–Trinajstić information content (AvgIpc) is 2.48. The van der Waals surface area contributed by atoms with Gasteiger partial charge in [0.2, 0.25) is 11.8 Å². The molecule has 0 bridgehead atoms. The van der Waals surface area contributed by atoms with Gasteiger partial charge in [-0.2, -0.15) is 0 Å². The fraction of sp³-hybridized carbons (Fsp3) is 0.529. The van der Waals surface area contributed by atoms with Gasteiger partial charge in [0.1, 0.15) is 0 Å². The minimum Gasteiger partial charge on any atom is -0.352 e. The summed E-state index contributed by atoms with van der Waals surface area (Å²) in [6.07, 6.45) is 1.91. The minimum absolute atomic E-state index is 0. The molecule has 5 nitrogen and oxygen atoms in total. The van der Waals surface area contributed by atoms with Crippen LogP contribution in [0.4, 0.5) is 0 Å². The van der Waals surface area contributed by atoms with Crippen LogP contribution in [0.2, 0.25) is 0 Å². The molecule has 1 aliphatic carbocycles. The molecule has 1 fully saturated rings. The lowest BCUT2D eigenvalue weighted by Gasteiger charge is -2.36. The molecule has 128 valence electrons. The van der Waals surface area contributed by atoms with E-state index in [4.69, 9.17) is 5.73 Å². The Morgan fingerprint density at radius 3 is 2.39 bits per heavy atom. The van der Waals surface area contributed by atoms with Gasteiger partial charge in [-0.25, -0.2) is 0 Å². The van der Waals surface area contributed by atoms with Crippen LogP contribution >= 0.6 is 12.4 Å². The first kappa shape index (κ1) is 19.5. The molecule has 0 saturated heterocycles. The van der Waals surface area contributed by atoms with Gasteiger partial charge in [-0.15, -0.1) is 12.4 Å². The molecule has 1 aromatic carbocycles. The number of hydrogen-bond acceptors (Lipinski definition) is 3. The zero-order chi connectivity index (χ0) is 16.1. The highest BCUT2D eigenvalue weighted by Crippen LogP contribution is 2.36. The van der Waals surface area contributed by atoms with Gasteiger partial charge in [-0.3, -0.25) is 9.59 Å². The quantitative estimate of drug-likeness (QED) is 0.735. The molecule has 0 spiro atoms. The smallest absolute Gasteiger partial charge is 0.239 e. The average molecular weight is 340 g/mol. The molecule has 4 N–H and O–H groups in total. The molecule has 1 aromatic rings. The molecular weight excluding hydrogens is 314 g/mol. The van der Waals surface area contributed by atoms with E-state index >= 15 is 0 Å². The lowest BCUT2D eigenvalue weighted by Crippen LogP contribution is -2.50. The summed E-state index contributed by atoms with van der Waals surface area (Å²) >= 11 is 0. The van der Waals surface area contributed by atoms with Crippen molar-refractivity contribution in [3.05, 3.63) is 35.9 Å². The summed E-state index contributed by atoms with van der Waals surface area (Å²) in [4.78, 5) is 23.5. The molecule has 1 aliphatic rings. The zero-order valence-corrected chi connectivity index (χ0v) is 14.4. The third-order valence-corrected chi connectivity index (χ3v) is 4.22. The number of rotatable bonds is 6. The summed E-state index contributed by atoms with van der Waals surface area (Å²) in [5.74, 6) is 0.151. The largest absolute Gasteiger partial charge is 0.352 e. The maximum atomic E-state index is 11.8. The monoisotopic (exact) mass is 339 g/mol. The topological polar surface area (TPSA) is 84.2 Å². The number of nitrogens with two attached hydrogens (primary N) is 1. The molecule has 2 amide bonds. The van der Waals surface area contributed by atoms with Gasteiger partial charge in [0.25, 0.3) is 0 Å². The van der Waals surface area contributed by atoms with Gasteiger partial charge >= 0.3 is 0 Å². The number of halogens is 1. The normalized spacial score (nSPS) is 20.9. The maximum absolute atomic E-state index is 11.8. The third kappa shape index (κ3) is 5.52. The van der Waals surface area contributed by atoms with Crippen molar-refractivity contribution in [2.24, 2.45) is 11.7 Å². The second-order valence-electron chi connectivity index (χ2n) is 6.33. The van der Waals surface area contributed by atoms with Gasteiger partial charge in [0.15, 0.2) is 0 Å². The van der Waals surface area contributed by atoms with E-state index in [9.17, 15) is 9.59 Å². The molecule has 0 aromatic heterocycles. The van der Waals surface area contributed by atoms with Gasteiger partial charge in [0, 0.05) is 6.04 Å². The molecule has 2 rings (SSSR count). The van der Waals surface area contributed by atoms with Crippen LogP contribution in [0, 0.1) is 5.92 Å². The van der Waals surface area contributed by atoms with Crippen LogP contribution in [0.25, 0.3) is 0 Å². The Balaban J connectivity index is 0.00000264. The van der Waals surface area contributed by atoms with Crippen molar-refractivity contribution >= 4 is 24.2 Å². The molecule has 0 aliphatic heterocycles. The van der Waals surface area contributed by atoms with E-state index in [-0.39, 0.29) is 42.7 Å². The van der Waals surface area contributed by atoms with Crippen LogP contribution in [0.1, 0.15) is 38.2 Å². The van der Waals surface area contributed by atoms with Crippen molar-refractivity contribution in [2.75, 3.05) is 6.54 Å².